The van der Waals surface area contributed by atoms with Gasteiger partial charge in [0.1, 0.15) is 15.8 Å². The van der Waals surface area contributed by atoms with Gasteiger partial charge < -0.3 is 14.5 Å². The van der Waals surface area contributed by atoms with Gasteiger partial charge in [0.2, 0.25) is 0 Å². The standard InChI is InChI=1S/C16H10ClNO4S2/c1-21-15(20)10-4-2-8(6-11(10)17)12-5-3-9(22-12)7-13-14(19)18-16(23)24-13/h2-7H,1H3,(H,18,19,23)/b13-7-. The van der Waals surface area contributed by atoms with Crippen molar-refractivity contribution >= 4 is 57.9 Å². The van der Waals surface area contributed by atoms with Gasteiger partial charge in [-0.1, -0.05) is 41.6 Å². The molecule has 5 nitrogen and oxygen atoms in total. The number of nitrogens with one attached hydrogen (secondary N) is 1. The quantitative estimate of drug-likeness (QED) is 0.496. The second-order valence-corrected chi connectivity index (χ2v) is 6.87. The maximum atomic E-state index is 11.6. The summed E-state index contributed by atoms with van der Waals surface area (Å²) in [5, 5.41) is 2.81. The Balaban J connectivity index is 1.87. The zero-order valence-corrected chi connectivity index (χ0v) is 14.7. The van der Waals surface area contributed by atoms with Crippen LogP contribution in [0.4, 0.5) is 0 Å². The first-order chi connectivity index (χ1) is 11.5. The third-order valence-electron chi connectivity index (χ3n) is 3.20. The highest BCUT2D eigenvalue weighted by Crippen LogP contribution is 2.30. The van der Waals surface area contributed by atoms with Crippen LogP contribution in [-0.4, -0.2) is 23.3 Å². The lowest BCUT2D eigenvalue weighted by Gasteiger charge is -2.04. The zero-order chi connectivity index (χ0) is 17.3. The minimum absolute atomic E-state index is 0.242. The largest absolute Gasteiger partial charge is 0.465 e. The van der Waals surface area contributed by atoms with Crippen molar-refractivity contribution in [3.05, 3.63) is 51.6 Å². The lowest BCUT2D eigenvalue weighted by molar-refractivity contribution is -0.115. The SMILES string of the molecule is COC(=O)c1ccc(-c2ccc(/C=C3\SC(=S)NC3=O)o2)cc1Cl. The Labute approximate surface area is 152 Å². The van der Waals surface area contributed by atoms with Crippen molar-refractivity contribution < 1.29 is 18.7 Å². The number of hydrogen-bond acceptors (Lipinski definition) is 6. The Morgan fingerprint density at radius 3 is 2.79 bits per heavy atom. The van der Waals surface area contributed by atoms with Gasteiger partial charge in [0.25, 0.3) is 5.91 Å². The molecule has 1 aliphatic rings. The maximum Gasteiger partial charge on any atom is 0.339 e. The van der Waals surface area contributed by atoms with E-state index in [9.17, 15) is 9.59 Å². The number of thioether (sulfide) groups is 1. The van der Waals surface area contributed by atoms with Crippen molar-refractivity contribution in [2.75, 3.05) is 7.11 Å². The van der Waals surface area contributed by atoms with Crippen LogP contribution in [0.3, 0.4) is 0 Å². The third kappa shape index (κ3) is 3.38. The van der Waals surface area contributed by atoms with Crippen LogP contribution in [0.25, 0.3) is 17.4 Å². The molecule has 1 aromatic carbocycles. The topological polar surface area (TPSA) is 68.5 Å². The van der Waals surface area contributed by atoms with E-state index >= 15 is 0 Å². The molecule has 0 bridgehead atoms. The Kier molecular flexibility index (Phi) is 4.75. The molecule has 0 unspecified atom stereocenters. The lowest BCUT2D eigenvalue weighted by Crippen LogP contribution is -2.17. The van der Waals surface area contributed by atoms with E-state index < -0.39 is 5.97 Å². The number of ether oxygens (including phenoxy) is 1. The molecule has 1 N–H and O–H groups in total. The minimum atomic E-state index is -0.503. The summed E-state index contributed by atoms with van der Waals surface area (Å²) >= 11 is 12.2. The fourth-order valence-corrected chi connectivity index (χ4v) is 3.36. The number of carbonyl (C=O) groups is 2. The third-order valence-corrected chi connectivity index (χ3v) is 4.68. The van der Waals surface area contributed by atoms with Gasteiger partial charge in [-0.05, 0) is 24.3 Å². The Morgan fingerprint density at radius 1 is 1.38 bits per heavy atom. The molecule has 0 saturated carbocycles. The van der Waals surface area contributed by atoms with Crippen molar-refractivity contribution in [1.82, 2.24) is 5.32 Å². The van der Waals surface area contributed by atoms with Crippen LogP contribution in [0.1, 0.15) is 16.1 Å². The summed E-state index contributed by atoms with van der Waals surface area (Å²) in [6.07, 6.45) is 1.62. The number of amides is 1. The molecule has 2 heterocycles. The summed E-state index contributed by atoms with van der Waals surface area (Å²) < 4.78 is 10.8. The first-order valence-corrected chi connectivity index (χ1v) is 8.31. The van der Waals surface area contributed by atoms with Crippen molar-refractivity contribution in [3.63, 3.8) is 0 Å². The molecular formula is C16H10ClNO4S2. The van der Waals surface area contributed by atoms with Gasteiger partial charge in [0.15, 0.2) is 0 Å². The van der Waals surface area contributed by atoms with E-state index in [0.717, 1.165) is 0 Å². The fourth-order valence-electron chi connectivity index (χ4n) is 2.08. The predicted molar refractivity (Wildman–Crippen MR) is 96.8 cm³/mol. The molecule has 0 atom stereocenters. The van der Waals surface area contributed by atoms with E-state index in [2.05, 4.69) is 10.1 Å². The van der Waals surface area contributed by atoms with E-state index in [4.69, 9.17) is 28.2 Å². The molecule has 122 valence electrons. The van der Waals surface area contributed by atoms with E-state index in [0.29, 0.717) is 26.3 Å². The van der Waals surface area contributed by atoms with Gasteiger partial charge in [-0.3, -0.25) is 4.79 Å². The summed E-state index contributed by atoms with van der Waals surface area (Å²) in [4.78, 5) is 23.7. The van der Waals surface area contributed by atoms with Gasteiger partial charge >= 0.3 is 5.97 Å². The Morgan fingerprint density at radius 2 is 2.17 bits per heavy atom. The normalized spacial score (nSPS) is 15.7. The highest BCUT2D eigenvalue weighted by atomic mass is 35.5. The van der Waals surface area contributed by atoms with Crippen LogP contribution in [-0.2, 0) is 9.53 Å². The molecule has 0 radical (unpaired) electrons. The zero-order valence-electron chi connectivity index (χ0n) is 12.3. The molecule has 8 heteroatoms. The van der Waals surface area contributed by atoms with Crippen molar-refractivity contribution in [2.45, 2.75) is 0 Å². The lowest BCUT2D eigenvalue weighted by atomic mass is 10.1. The summed E-state index contributed by atoms with van der Waals surface area (Å²) in [5.74, 6) is 0.330. The first-order valence-electron chi connectivity index (χ1n) is 6.71. The van der Waals surface area contributed by atoms with E-state index in [-0.39, 0.29) is 16.5 Å². The second kappa shape index (κ2) is 6.80. The molecule has 24 heavy (non-hydrogen) atoms. The minimum Gasteiger partial charge on any atom is -0.465 e. The molecule has 1 saturated heterocycles. The van der Waals surface area contributed by atoms with Gasteiger partial charge in [-0.2, -0.15) is 0 Å². The molecule has 2 aromatic rings. The maximum absolute atomic E-state index is 11.6. The van der Waals surface area contributed by atoms with Crippen LogP contribution in [0, 0.1) is 0 Å². The number of thiocarbonyl (C=S) groups is 1. The monoisotopic (exact) mass is 379 g/mol. The average Bonchev–Trinajstić information content (AvgIpc) is 3.13. The number of furan rings is 1. The Bertz CT molecular complexity index is 888. The summed E-state index contributed by atoms with van der Waals surface area (Å²) in [6, 6.07) is 8.39. The van der Waals surface area contributed by atoms with Crippen molar-refractivity contribution in [2.24, 2.45) is 0 Å². The van der Waals surface area contributed by atoms with Crippen LogP contribution in [0.2, 0.25) is 5.02 Å². The molecule has 1 aliphatic heterocycles. The fraction of sp³-hybridized carbons (Fsp3) is 0.0625. The first kappa shape index (κ1) is 16.8. The van der Waals surface area contributed by atoms with E-state index in [1.54, 1.807) is 36.4 Å². The molecule has 1 aromatic heterocycles. The van der Waals surface area contributed by atoms with Gasteiger partial charge in [0.05, 0.1) is 22.6 Å². The molecule has 1 amide bonds. The van der Waals surface area contributed by atoms with Crippen LogP contribution in [0.5, 0.6) is 0 Å². The van der Waals surface area contributed by atoms with E-state index in [1.807, 2.05) is 0 Å². The predicted octanol–water partition coefficient (Wildman–Crippen LogP) is 3.88. The molecular weight excluding hydrogens is 370 g/mol. The smallest absolute Gasteiger partial charge is 0.339 e. The summed E-state index contributed by atoms with van der Waals surface area (Å²) in [7, 11) is 1.29. The number of carbonyl (C=O) groups excluding carboxylic acids is 2. The molecule has 0 aliphatic carbocycles. The van der Waals surface area contributed by atoms with Crippen LogP contribution in [0.15, 0.2) is 39.7 Å². The van der Waals surface area contributed by atoms with Gasteiger partial charge in [0, 0.05) is 11.6 Å². The van der Waals surface area contributed by atoms with E-state index in [1.165, 1.54) is 18.9 Å². The highest BCUT2D eigenvalue weighted by Gasteiger charge is 2.22. The van der Waals surface area contributed by atoms with Crippen molar-refractivity contribution in [1.29, 1.82) is 0 Å². The number of benzene rings is 1. The van der Waals surface area contributed by atoms with Crippen molar-refractivity contribution in [3.8, 4) is 11.3 Å². The number of hydrogen-bond donors (Lipinski definition) is 1. The second-order valence-electron chi connectivity index (χ2n) is 4.74. The summed E-state index contributed by atoms with van der Waals surface area (Å²) in [5.41, 5.74) is 0.987. The van der Waals surface area contributed by atoms with Gasteiger partial charge in [-0.25, -0.2) is 4.79 Å². The number of esters is 1. The molecule has 1 fully saturated rings. The summed E-state index contributed by atoms with van der Waals surface area (Å²) in [6.45, 7) is 0. The average molecular weight is 380 g/mol. The Hall–Kier alpha value is -2.09. The van der Waals surface area contributed by atoms with Gasteiger partial charge in [-0.15, -0.1) is 0 Å². The number of methoxy groups -OCH3 is 1. The number of halogens is 1. The molecule has 0 spiro atoms. The van der Waals surface area contributed by atoms with Crippen LogP contribution >= 0.6 is 35.6 Å². The highest BCUT2D eigenvalue weighted by molar-refractivity contribution is 8.26. The van der Waals surface area contributed by atoms with Crippen LogP contribution < -0.4 is 5.32 Å². The number of rotatable bonds is 3. The molecule has 3 rings (SSSR count).